The molecule has 2 N–H and O–H groups in total. The summed E-state index contributed by atoms with van der Waals surface area (Å²) in [5, 5.41) is 32.2. The second-order valence-corrected chi connectivity index (χ2v) is 12.9. The lowest BCUT2D eigenvalue weighted by molar-refractivity contribution is -0.974. The molecular formula is C36H69NO6. The van der Waals surface area contributed by atoms with Crippen LogP contribution in [0.15, 0.2) is 0 Å². The quantitative estimate of drug-likeness (QED) is 0.0581. The Morgan fingerprint density at radius 1 is 0.465 bits per heavy atom. The normalized spacial score (nSPS) is 15.1. The predicted octanol–water partition coefficient (Wildman–Crippen LogP) is 8.66. The summed E-state index contributed by atoms with van der Waals surface area (Å²) in [4.78, 5) is 36.7. The van der Waals surface area contributed by atoms with Gasteiger partial charge in [-0.15, -0.1) is 0 Å². The van der Waals surface area contributed by atoms with Crippen molar-refractivity contribution < 1.29 is 34.2 Å². The van der Waals surface area contributed by atoms with Gasteiger partial charge in [0.25, 0.3) is 0 Å². The van der Waals surface area contributed by atoms with Gasteiger partial charge in [0.2, 0.25) is 0 Å². The Bertz CT molecular complexity index is 657. The smallest absolute Gasteiger partial charge is 0.362 e. The fourth-order valence-corrected chi connectivity index (χ4v) is 7.26. The van der Waals surface area contributed by atoms with E-state index in [4.69, 9.17) is 0 Å². The molecule has 0 saturated carbocycles. The molecule has 7 heteroatoms. The Morgan fingerprint density at radius 2 is 0.721 bits per heavy atom. The summed E-state index contributed by atoms with van der Waals surface area (Å²) in [6.45, 7) is 7.56. The zero-order valence-electron chi connectivity index (χ0n) is 28.6. The fourth-order valence-electron chi connectivity index (χ4n) is 7.26. The summed E-state index contributed by atoms with van der Waals surface area (Å²) in [5.74, 6) is -3.64. The first-order valence-electron chi connectivity index (χ1n) is 18.3. The Morgan fingerprint density at radius 3 is 0.930 bits per heavy atom. The van der Waals surface area contributed by atoms with Gasteiger partial charge in [-0.3, -0.25) is 4.48 Å². The van der Waals surface area contributed by atoms with Gasteiger partial charge in [0.05, 0.1) is 12.5 Å². The minimum absolute atomic E-state index is 0.134. The van der Waals surface area contributed by atoms with Crippen LogP contribution < -0.4 is 5.11 Å². The zero-order chi connectivity index (χ0) is 32.3. The second kappa shape index (κ2) is 26.7. The first-order valence-corrected chi connectivity index (χ1v) is 18.3. The van der Waals surface area contributed by atoms with Crippen LogP contribution in [0.5, 0.6) is 0 Å². The standard InChI is InChI=1S/C36H69NO6/c1-5-9-10-11-12-13-14-15-16-17-18-19-20-21-22-23-24-25-26-27-28-29-30-37(31(6-2)34(38)39,32(7-3)35(40)41)33(8-4)36(42)43/h31-33H,5-30H2,1-4H3,(H2-,38,39,40,41,42,43). The molecule has 0 aromatic heterocycles. The molecule has 254 valence electrons. The average molecular weight is 612 g/mol. The van der Waals surface area contributed by atoms with E-state index >= 15 is 0 Å². The summed E-state index contributed by atoms with van der Waals surface area (Å²) in [6, 6.07) is -3.37. The number of quaternary nitrogens is 1. The average Bonchev–Trinajstić information content (AvgIpc) is 2.96. The highest BCUT2D eigenvalue weighted by molar-refractivity contribution is 5.77. The number of hydrogen-bond donors (Lipinski definition) is 2. The minimum Gasteiger partial charge on any atom is -0.544 e. The van der Waals surface area contributed by atoms with Gasteiger partial charge in [-0.05, 0) is 12.8 Å². The predicted molar refractivity (Wildman–Crippen MR) is 175 cm³/mol. The summed E-state index contributed by atoms with van der Waals surface area (Å²) < 4.78 is -0.463. The molecular weight excluding hydrogens is 542 g/mol. The lowest BCUT2D eigenvalue weighted by atomic mass is 9.93. The summed E-state index contributed by atoms with van der Waals surface area (Å²) in [5.41, 5.74) is 0. The molecule has 0 spiro atoms. The third-order valence-electron chi connectivity index (χ3n) is 9.64. The maximum Gasteiger partial charge on any atom is 0.362 e. The van der Waals surface area contributed by atoms with E-state index < -0.39 is 40.5 Å². The zero-order valence-corrected chi connectivity index (χ0v) is 28.6. The molecule has 3 atom stereocenters. The van der Waals surface area contributed by atoms with E-state index in [0.717, 1.165) is 19.3 Å². The molecule has 7 nitrogen and oxygen atoms in total. The molecule has 0 heterocycles. The second-order valence-electron chi connectivity index (χ2n) is 12.9. The molecule has 0 radical (unpaired) electrons. The first kappa shape index (κ1) is 41.4. The van der Waals surface area contributed by atoms with Gasteiger partial charge in [-0.2, -0.15) is 0 Å². The summed E-state index contributed by atoms with van der Waals surface area (Å²) in [6.07, 6.45) is 28.5. The number of carbonyl (C=O) groups excluding carboxylic acids is 1. The number of carboxylic acids is 3. The van der Waals surface area contributed by atoms with Crippen LogP contribution in [-0.2, 0) is 14.4 Å². The Balaban J connectivity index is 4.24. The number of hydrogen-bond acceptors (Lipinski definition) is 4. The third-order valence-corrected chi connectivity index (χ3v) is 9.64. The maximum atomic E-state index is 12.3. The van der Waals surface area contributed by atoms with E-state index in [1.165, 1.54) is 116 Å². The van der Waals surface area contributed by atoms with Gasteiger partial charge in [-0.25, -0.2) is 9.59 Å². The lowest BCUT2D eigenvalue weighted by Crippen LogP contribution is -2.73. The van der Waals surface area contributed by atoms with Crippen molar-refractivity contribution in [2.75, 3.05) is 6.54 Å². The molecule has 0 aliphatic heterocycles. The molecule has 0 bridgehead atoms. The molecule has 0 saturated heterocycles. The third kappa shape index (κ3) is 16.9. The number of rotatable bonds is 32. The minimum atomic E-state index is -1.36. The number of unbranched alkanes of at least 4 members (excludes halogenated alkanes) is 21. The highest BCUT2D eigenvalue weighted by Crippen LogP contribution is 2.32. The molecule has 3 unspecified atom stereocenters. The molecule has 0 aliphatic rings. The number of nitrogens with zero attached hydrogens (tertiary/aromatic N) is 1. The van der Waals surface area contributed by atoms with Gasteiger partial charge < -0.3 is 20.1 Å². The van der Waals surface area contributed by atoms with Crippen molar-refractivity contribution in [2.45, 2.75) is 206 Å². The molecule has 43 heavy (non-hydrogen) atoms. The lowest BCUT2D eigenvalue weighted by Gasteiger charge is -2.51. The topological polar surface area (TPSA) is 115 Å². The van der Waals surface area contributed by atoms with E-state index in [1.807, 2.05) is 0 Å². The van der Waals surface area contributed by atoms with Gasteiger partial charge >= 0.3 is 11.9 Å². The van der Waals surface area contributed by atoms with Crippen molar-refractivity contribution in [2.24, 2.45) is 0 Å². The Kier molecular flexibility index (Phi) is 25.7. The van der Waals surface area contributed by atoms with E-state index in [-0.39, 0.29) is 25.8 Å². The molecule has 0 aliphatic carbocycles. The van der Waals surface area contributed by atoms with Crippen LogP contribution in [0.4, 0.5) is 0 Å². The first-order chi connectivity index (χ1) is 20.7. The van der Waals surface area contributed by atoms with Crippen LogP contribution >= 0.6 is 0 Å². The SMILES string of the molecule is CCCCCCCCCCCCCCCCCCCCCCCC[N+](C(CC)C(=O)[O-])(C(CC)C(=O)O)C(CC)C(=O)O. The van der Waals surface area contributed by atoms with Gasteiger partial charge in [0, 0.05) is 19.3 Å². The Hall–Kier alpha value is -1.63. The van der Waals surface area contributed by atoms with Gasteiger partial charge in [0.15, 0.2) is 12.1 Å². The van der Waals surface area contributed by atoms with Crippen LogP contribution in [0.1, 0.15) is 188 Å². The summed E-state index contributed by atoms with van der Waals surface area (Å²) in [7, 11) is 0. The van der Waals surface area contributed by atoms with Crippen molar-refractivity contribution in [3.63, 3.8) is 0 Å². The van der Waals surface area contributed by atoms with Crippen molar-refractivity contribution in [1.29, 1.82) is 0 Å². The molecule has 0 amide bonds. The van der Waals surface area contributed by atoms with E-state index in [0.29, 0.717) is 6.42 Å². The van der Waals surface area contributed by atoms with Crippen LogP contribution in [-0.4, -0.2) is 57.3 Å². The van der Waals surface area contributed by atoms with Gasteiger partial charge in [0.1, 0.15) is 6.04 Å². The van der Waals surface area contributed by atoms with Gasteiger partial charge in [-0.1, -0.05) is 156 Å². The fraction of sp³-hybridized carbons (Fsp3) is 0.917. The monoisotopic (exact) mass is 612 g/mol. The molecule has 0 aromatic rings. The van der Waals surface area contributed by atoms with Crippen LogP contribution in [0.3, 0.4) is 0 Å². The highest BCUT2D eigenvalue weighted by atomic mass is 16.4. The molecule has 0 rings (SSSR count). The van der Waals surface area contributed by atoms with Crippen molar-refractivity contribution in [3.05, 3.63) is 0 Å². The molecule has 0 aromatic carbocycles. The van der Waals surface area contributed by atoms with E-state index in [2.05, 4.69) is 6.92 Å². The largest absolute Gasteiger partial charge is 0.544 e. The van der Waals surface area contributed by atoms with Crippen molar-refractivity contribution in [1.82, 2.24) is 0 Å². The van der Waals surface area contributed by atoms with Crippen LogP contribution in [0.25, 0.3) is 0 Å². The van der Waals surface area contributed by atoms with E-state index in [1.54, 1.807) is 20.8 Å². The highest BCUT2D eigenvalue weighted by Gasteiger charge is 2.53. The van der Waals surface area contributed by atoms with Crippen molar-refractivity contribution >= 4 is 17.9 Å². The summed E-state index contributed by atoms with van der Waals surface area (Å²) >= 11 is 0. The van der Waals surface area contributed by atoms with Crippen molar-refractivity contribution in [3.8, 4) is 0 Å². The maximum absolute atomic E-state index is 12.3. The number of aliphatic carboxylic acids is 3. The Labute approximate surface area is 264 Å². The van der Waals surface area contributed by atoms with Crippen LogP contribution in [0.2, 0.25) is 0 Å². The number of carbonyl (C=O) groups is 3. The van der Waals surface area contributed by atoms with E-state index in [9.17, 15) is 29.7 Å². The number of carboxylic acid groups (broad SMARTS) is 3. The molecule has 0 fully saturated rings. The van der Waals surface area contributed by atoms with Crippen LogP contribution in [0, 0.1) is 0 Å².